The van der Waals surface area contributed by atoms with E-state index in [2.05, 4.69) is 13.2 Å². The lowest BCUT2D eigenvalue weighted by atomic mass is 9.70. The number of benzene rings is 2. The lowest BCUT2D eigenvalue weighted by molar-refractivity contribution is -0.143. The van der Waals surface area contributed by atoms with Crippen LogP contribution in [0.5, 0.6) is 5.75 Å². The third-order valence-electron chi connectivity index (χ3n) is 8.57. The molecule has 3 heterocycles. The highest BCUT2D eigenvalue weighted by Gasteiger charge is 2.74. The van der Waals surface area contributed by atoms with Gasteiger partial charge in [0, 0.05) is 37.1 Å². The number of aliphatic hydroxyl groups excluding tert-OH is 1. The number of anilines is 1. The Labute approximate surface area is 252 Å². The van der Waals surface area contributed by atoms with Crippen molar-refractivity contribution < 1.29 is 24.2 Å². The second-order valence-corrected chi connectivity index (χ2v) is 12.6. The molecule has 0 saturated carbocycles. The average Bonchev–Trinajstić information content (AvgIpc) is 3.64. The highest BCUT2D eigenvalue weighted by molar-refractivity contribution is 8.02. The summed E-state index contributed by atoms with van der Waals surface area (Å²) in [5, 5.41) is 9.88. The molecule has 9 heteroatoms. The quantitative estimate of drug-likeness (QED) is 0.357. The average molecular weight is 590 g/mol. The van der Waals surface area contributed by atoms with E-state index in [1.165, 1.54) is 4.90 Å². The number of carbonyl (C=O) groups is 3. The standard InChI is InChI=1S/C33H39N3O5S/c1-4-18-34(22-23-10-8-7-9-11-23)32(40)29-33-17-16-26(42-33)27(28(33)31(39)36(29)20-21-37)30(38)35(19-5-2)24-12-14-25(15-13-24)41-6-3/h4-5,7-15,26-29,37H,1-2,6,16-22H2,3H3/t26-,27+,28+,29?,33?/m1/s1. The first-order valence-corrected chi connectivity index (χ1v) is 15.5. The summed E-state index contributed by atoms with van der Waals surface area (Å²) in [5.74, 6) is -1.04. The van der Waals surface area contributed by atoms with E-state index in [-0.39, 0.29) is 36.1 Å². The molecule has 3 aliphatic rings. The Kier molecular flexibility index (Phi) is 9.08. The summed E-state index contributed by atoms with van der Waals surface area (Å²) in [5.41, 5.74) is 1.68. The number of fused-ring (bicyclic) bond motifs is 1. The van der Waals surface area contributed by atoms with Gasteiger partial charge < -0.3 is 24.5 Å². The fraction of sp³-hybridized carbons (Fsp3) is 0.424. The van der Waals surface area contributed by atoms with Crippen LogP contribution in [0.4, 0.5) is 5.69 Å². The normalized spacial score (nSPS) is 25.7. The van der Waals surface area contributed by atoms with E-state index in [0.717, 1.165) is 12.0 Å². The van der Waals surface area contributed by atoms with Crippen molar-refractivity contribution in [2.24, 2.45) is 11.8 Å². The molecule has 3 saturated heterocycles. The minimum Gasteiger partial charge on any atom is -0.494 e. The maximum Gasteiger partial charge on any atom is 0.247 e. The van der Waals surface area contributed by atoms with Gasteiger partial charge in [-0.3, -0.25) is 14.4 Å². The van der Waals surface area contributed by atoms with Gasteiger partial charge in [-0.2, -0.15) is 0 Å². The number of likely N-dealkylation sites (tertiary alicyclic amines) is 1. The minimum atomic E-state index is -0.767. The van der Waals surface area contributed by atoms with Crippen LogP contribution in [0.15, 0.2) is 79.9 Å². The van der Waals surface area contributed by atoms with Crippen LogP contribution in [-0.2, 0) is 20.9 Å². The number of carbonyl (C=O) groups excluding carboxylic acids is 3. The van der Waals surface area contributed by atoms with E-state index in [4.69, 9.17) is 4.74 Å². The van der Waals surface area contributed by atoms with Crippen LogP contribution in [0, 0.1) is 11.8 Å². The zero-order valence-corrected chi connectivity index (χ0v) is 24.9. The molecule has 3 fully saturated rings. The second kappa shape index (κ2) is 12.8. The molecule has 42 heavy (non-hydrogen) atoms. The number of amides is 3. The Bertz CT molecular complexity index is 1320. The molecule has 3 amide bonds. The summed E-state index contributed by atoms with van der Waals surface area (Å²) in [6, 6.07) is 16.3. The molecule has 2 aromatic rings. The van der Waals surface area contributed by atoms with Gasteiger partial charge in [0.25, 0.3) is 0 Å². The summed E-state index contributed by atoms with van der Waals surface area (Å²) in [6.45, 7) is 11.0. The number of hydrogen-bond donors (Lipinski definition) is 1. The van der Waals surface area contributed by atoms with Gasteiger partial charge in [0.1, 0.15) is 11.8 Å². The smallest absolute Gasteiger partial charge is 0.247 e. The highest BCUT2D eigenvalue weighted by atomic mass is 32.2. The molecule has 0 aromatic heterocycles. The first-order valence-electron chi connectivity index (χ1n) is 14.6. The number of β-amino-alcohol motifs (C(OH)–C–C–N with tert-alkyl or cyclic N) is 1. The van der Waals surface area contributed by atoms with Gasteiger partial charge in [-0.15, -0.1) is 24.9 Å². The molecule has 8 nitrogen and oxygen atoms in total. The van der Waals surface area contributed by atoms with Gasteiger partial charge in [-0.05, 0) is 49.6 Å². The van der Waals surface area contributed by atoms with Crippen molar-refractivity contribution >= 4 is 35.2 Å². The van der Waals surface area contributed by atoms with Crippen molar-refractivity contribution in [1.82, 2.24) is 9.80 Å². The molecule has 2 aromatic carbocycles. The van der Waals surface area contributed by atoms with Crippen LogP contribution in [0.25, 0.3) is 0 Å². The predicted octanol–water partition coefficient (Wildman–Crippen LogP) is 3.90. The number of aliphatic hydroxyl groups is 1. The van der Waals surface area contributed by atoms with E-state index in [0.29, 0.717) is 44.1 Å². The van der Waals surface area contributed by atoms with E-state index < -0.39 is 22.6 Å². The number of rotatable bonds is 13. The summed E-state index contributed by atoms with van der Waals surface area (Å²) < 4.78 is 4.84. The van der Waals surface area contributed by atoms with Gasteiger partial charge in [0.2, 0.25) is 17.7 Å². The number of hydrogen-bond acceptors (Lipinski definition) is 6. The Morgan fingerprint density at radius 2 is 1.81 bits per heavy atom. The number of nitrogens with zero attached hydrogens (tertiary/aromatic N) is 3. The summed E-state index contributed by atoms with van der Waals surface area (Å²) >= 11 is 1.63. The summed E-state index contributed by atoms with van der Waals surface area (Å²) in [6.07, 6.45) is 4.78. The Morgan fingerprint density at radius 1 is 1.10 bits per heavy atom. The molecule has 1 spiro atoms. The van der Waals surface area contributed by atoms with E-state index >= 15 is 0 Å². The fourth-order valence-corrected chi connectivity index (χ4v) is 9.15. The monoisotopic (exact) mass is 589 g/mol. The summed E-state index contributed by atoms with van der Waals surface area (Å²) in [7, 11) is 0. The summed E-state index contributed by atoms with van der Waals surface area (Å²) in [4.78, 5) is 47.8. The zero-order valence-electron chi connectivity index (χ0n) is 24.1. The highest BCUT2D eigenvalue weighted by Crippen LogP contribution is 2.66. The van der Waals surface area contributed by atoms with Gasteiger partial charge >= 0.3 is 0 Å². The maximum absolute atomic E-state index is 14.4. The Balaban J connectivity index is 1.48. The molecule has 5 rings (SSSR count). The van der Waals surface area contributed by atoms with Crippen molar-refractivity contribution in [1.29, 1.82) is 0 Å². The molecule has 0 radical (unpaired) electrons. The minimum absolute atomic E-state index is 0.0438. The Morgan fingerprint density at radius 3 is 2.45 bits per heavy atom. The second-order valence-electron chi connectivity index (χ2n) is 11.0. The van der Waals surface area contributed by atoms with Crippen LogP contribution >= 0.6 is 11.8 Å². The first kappa shape index (κ1) is 29.9. The van der Waals surface area contributed by atoms with E-state index in [1.807, 2.05) is 61.5 Å². The van der Waals surface area contributed by atoms with Crippen molar-refractivity contribution in [2.45, 2.75) is 42.3 Å². The lowest BCUT2D eigenvalue weighted by Gasteiger charge is -2.37. The third-order valence-corrected chi connectivity index (χ3v) is 10.5. The molecular weight excluding hydrogens is 550 g/mol. The van der Waals surface area contributed by atoms with Gasteiger partial charge in [0.05, 0.1) is 29.8 Å². The molecular formula is C33H39N3O5S. The van der Waals surface area contributed by atoms with Crippen LogP contribution in [0.3, 0.4) is 0 Å². The number of thioether (sulfide) groups is 1. The SMILES string of the molecule is C=CCN(Cc1ccccc1)C(=O)C1N(CCO)C(=O)[C@@H]2[C@@H](C(=O)N(CC=C)c3ccc(OCC)cc3)[C@H]3CCC12S3. The van der Waals surface area contributed by atoms with E-state index in [9.17, 15) is 19.5 Å². The molecule has 2 bridgehead atoms. The molecule has 3 aliphatic heterocycles. The first-order chi connectivity index (χ1) is 20.4. The van der Waals surface area contributed by atoms with Crippen LogP contribution in [-0.4, -0.2) is 81.5 Å². The topological polar surface area (TPSA) is 90.4 Å². The molecule has 222 valence electrons. The van der Waals surface area contributed by atoms with Crippen LogP contribution in [0.1, 0.15) is 25.3 Å². The Hall–Kier alpha value is -3.56. The van der Waals surface area contributed by atoms with Crippen molar-refractivity contribution in [3.8, 4) is 5.75 Å². The van der Waals surface area contributed by atoms with Gasteiger partial charge in [-0.1, -0.05) is 42.5 Å². The third kappa shape index (κ3) is 5.24. The van der Waals surface area contributed by atoms with Crippen molar-refractivity contribution in [2.75, 3.05) is 37.7 Å². The zero-order chi connectivity index (χ0) is 29.9. The lowest BCUT2D eigenvalue weighted by Crippen LogP contribution is -2.55. The fourth-order valence-electron chi connectivity index (χ4n) is 6.95. The van der Waals surface area contributed by atoms with Gasteiger partial charge in [0.15, 0.2) is 0 Å². The largest absolute Gasteiger partial charge is 0.494 e. The van der Waals surface area contributed by atoms with E-state index in [1.54, 1.807) is 33.7 Å². The number of ether oxygens (including phenoxy) is 1. The van der Waals surface area contributed by atoms with Crippen molar-refractivity contribution in [3.05, 3.63) is 85.5 Å². The molecule has 1 N–H and O–H groups in total. The van der Waals surface area contributed by atoms with Gasteiger partial charge in [-0.25, -0.2) is 0 Å². The molecule has 2 unspecified atom stereocenters. The maximum atomic E-state index is 14.4. The van der Waals surface area contributed by atoms with Crippen LogP contribution in [0.2, 0.25) is 0 Å². The molecule has 0 aliphatic carbocycles. The predicted molar refractivity (Wildman–Crippen MR) is 165 cm³/mol. The van der Waals surface area contributed by atoms with Crippen LogP contribution < -0.4 is 9.64 Å². The van der Waals surface area contributed by atoms with Crippen molar-refractivity contribution in [3.63, 3.8) is 0 Å². The molecule has 5 atom stereocenters.